The molecule has 1 fully saturated rings. The Morgan fingerprint density at radius 2 is 2.00 bits per heavy atom. The molecule has 0 bridgehead atoms. The summed E-state index contributed by atoms with van der Waals surface area (Å²) in [6.45, 7) is 2.08. The molecule has 0 atom stereocenters. The zero-order valence-electron chi connectivity index (χ0n) is 13.9. The number of pyridine rings is 2. The Bertz CT molecular complexity index is 938. The minimum absolute atomic E-state index is 0.452. The van der Waals surface area contributed by atoms with Crippen LogP contribution >= 0.6 is 0 Å². The molecule has 1 saturated heterocycles. The second-order valence-electron chi connectivity index (χ2n) is 6.31. The predicted octanol–water partition coefficient (Wildman–Crippen LogP) is 3.33. The zero-order valence-corrected chi connectivity index (χ0v) is 13.9. The van der Waals surface area contributed by atoms with Gasteiger partial charge in [0.25, 0.3) is 0 Å². The summed E-state index contributed by atoms with van der Waals surface area (Å²) >= 11 is 0. The first-order valence-electron chi connectivity index (χ1n) is 8.56. The second-order valence-corrected chi connectivity index (χ2v) is 6.31. The highest BCUT2D eigenvalue weighted by molar-refractivity contribution is 5.95. The van der Waals surface area contributed by atoms with Crippen LogP contribution in [0.15, 0.2) is 48.8 Å². The molecule has 2 N–H and O–H groups in total. The third kappa shape index (κ3) is 3.30. The van der Waals surface area contributed by atoms with Crippen molar-refractivity contribution in [1.82, 2.24) is 15.3 Å². The van der Waals surface area contributed by atoms with E-state index in [1.165, 1.54) is 0 Å². The van der Waals surface area contributed by atoms with Crippen LogP contribution in [0.5, 0.6) is 0 Å². The molecule has 0 saturated carbocycles. The predicted molar refractivity (Wildman–Crippen MR) is 99.2 cm³/mol. The van der Waals surface area contributed by atoms with Gasteiger partial charge < -0.3 is 10.6 Å². The fourth-order valence-corrected chi connectivity index (χ4v) is 3.29. The summed E-state index contributed by atoms with van der Waals surface area (Å²) in [7, 11) is 0. The minimum Gasteiger partial charge on any atom is -0.367 e. The first kappa shape index (κ1) is 15.6. The summed E-state index contributed by atoms with van der Waals surface area (Å²) < 4.78 is 0. The lowest BCUT2D eigenvalue weighted by atomic mass is 10.0. The monoisotopic (exact) mass is 329 g/mol. The topological polar surface area (TPSA) is 73.6 Å². The summed E-state index contributed by atoms with van der Waals surface area (Å²) in [5.74, 6) is 0.880. The third-order valence-corrected chi connectivity index (χ3v) is 4.60. The van der Waals surface area contributed by atoms with E-state index in [1.807, 2.05) is 30.5 Å². The molecule has 0 unspecified atom stereocenters. The number of piperidine rings is 1. The number of nitrogens with one attached hydrogen (secondary N) is 2. The summed E-state index contributed by atoms with van der Waals surface area (Å²) in [5, 5.41) is 18.2. The number of hydrogen-bond acceptors (Lipinski definition) is 5. The van der Waals surface area contributed by atoms with Crippen LogP contribution in [0, 0.1) is 11.3 Å². The van der Waals surface area contributed by atoms with E-state index in [1.54, 1.807) is 12.3 Å². The van der Waals surface area contributed by atoms with Crippen molar-refractivity contribution in [2.24, 2.45) is 0 Å². The molecule has 5 heteroatoms. The molecule has 4 rings (SSSR count). The average Bonchev–Trinajstić information content (AvgIpc) is 2.68. The minimum atomic E-state index is 0.452. The van der Waals surface area contributed by atoms with Crippen molar-refractivity contribution in [1.29, 1.82) is 5.26 Å². The van der Waals surface area contributed by atoms with Gasteiger partial charge in [0.15, 0.2) is 0 Å². The van der Waals surface area contributed by atoms with Gasteiger partial charge in [-0.25, -0.2) is 4.98 Å². The largest absolute Gasteiger partial charge is 0.367 e. The molecule has 0 radical (unpaired) electrons. The lowest BCUT2D eigenvalue weighted by Gasteiger charge is -2.24. The SMILES string of the molecule is N#Cc1cccc(-c2nccc3cnc(NC4CCNCC4)cc23)c1. The highest BCUT2D eigenvalue weighted by Gasteiger charge is 2.14. The first-order chi connectivity index (χ1) is 12.3. The molecule has 5 nitrogen and oxygen atoms in total. The summed E-state index contributed by atoms with van der Waals surface area (Å²) in [4.78, 5) is 9.12. The number of rotatable bonds is 3. The number of nitrogens with zero attached hydrogens (tertiary/aromatic N) is 3. The second kappa shape index (κ2) is 6.88. The molecular weight excluding hydrogens is 310 g/mol. The van der Waals surface area contributed by atoms with Gasteiger partial charge in [-0.2, -0.15) is 5.26 Å². The van der Waals surface area contributed by atoms with Gasteiger partial charge in [-0.05, 0) is 50.2 Å². The van der Waals surface area contributed by atoms with Gasteiger partial charge in [-0.3, -0.25) is 4.98 Å². The van der Waals surface area contributed by atoms with E-state index in [0.29, 0.717) is 11.6 Å². The van der Waals surface area contributed by atoms with E-state index < -0.39 is 0 Å². The van der Waals surface area contributed by atoms with E-state index >= 15 is 0 Å². The van der Waals surface area contributed by atoms with Gasteiger partial charge in [0.2, 0.25) is 0 Å². The summed E-state index contributed by atoms with van der Waals surface area (Å²) in [6.07, 6.45) is 5.88. The van der Waals surface area contributed by atoms with Crippen molar-refractivity contribution >= 4 is 16.6 Å². The maximum atomic E-state index is 9.15. The van der Waals surface area contributed by atoms with Crippen molar-refractivity contribution in [2.75, 3.05) is 18.4 Å². The summed E-state index contributed by atoms with van der Waals surface area (Å²) in [6, 6.07) is 14.2. The number of hydrogen-bond donors (Lipinski definition) is 2. The smallest absolute Gasteiger partial charge is 0.126 e. The number of aromatic nitrogens is 2. The van der Waals surface area contributed by atoms with Gasteiger partial charge in [0, 0.05) is 34.8 Å². The normalized spacial score (nSPS) is 15.0. The van der Waals surface area contributed by atoms with E-state index in [4.69, 9.17) is 5.26 Å². The Morgan fingerprint density at radius 3 is 2.84 bits per heavy atom. The van der Waals surface area contributed by atoms with Crippen molar-refractivity contribution < 1.29 is 0 Å². The molecule has 1 aliphatic rings. The molecule has 0 amide bonds. The number of nitriles is 1. The van der Waals surface area contributed by atoms with Gasteiger partial charge in [-0.15, -0.1) is 0 Å². The highest BCUT2D eigenvalue weighted by Crippen LogP contribution is 2.28. The molecule has 1 aromatic carbocycles. The average molecular weight is 329 g/mol. The van der Waals surface area contributed by atoms with Gasteiger partial charge in [0.05, 0.1) is 17.3 Å². The van der Waals surface area contributed by atoms with Crippen LogP contribution in [0.25, 0.3) is 22.0 Å². The Balaban J connectivity index is 1.74. The molecule has 3 heterocycles. The van der Waals surface area contributed by atoms with Gasteiger partial charge in [0.1, 0.15) is 5.82 Å². The Morgan fingerprint density at radius 1 is 1.12 bits per heavy atom. The number of benzene rings is 1. The Kier molecular flexibility index (Phi) is 4.28. The zero-order chi connectivity index (χ0) is 17.1. The van der Waals surface area contributed by atoms with Gasteiger partial charge in [-0.1, -0.05) is 12.1 Å². The molecular formula is C20H19N5. The third-order valence-electron chi connectivity index (χ3n) is 4.60. The molecule has 124 valence electrons. The number of fused-ring (bicyclic) bond motifs is 1. The van der Waals surface area contributed by atoms with Crippen molar-refractivity contribution in [3.8, 4) is 17.3 Å². The fraction of sp³-hybridized carbons (Fsp3) is 0.250. The lowest BCUT2D eigenvalue weighted by molar-refractivity contribution is 0.478. The Labute approximate surface area is 146 Å². The van der Waals surface area contributed by atoms with E-state index in [2.05, 4.69) is 32.7 Å². The number of anilines is 1. The van der Waals surface area contributed by atoms with E-state index in [0.717, 1.165) is 53.8 Å². The van der Waals surface area contributed by atoms with E-state index in [-0.39, 0.29) is 0 Å². The van der Waals surface area contributed by atoms with Gasteiger partial charge >= 0.3 is 0 Å². The maximum Gasteiger partial charge on any atom is 0.126 e. The summed E-state index contributed by atoms with van der Waals surface area (Å²) in [5.41, 5.74) is 2.47. The van der Waals surface area contributed by atoms with Crippen molar-refractivity contribution in [2.45, 2.75) is 18.9 Å². The van der Waals surface area contributed by atoms with Crippen LogP contribution in [0.4, 0.5) is 5.82 Å². The Hall–Kier alpha value is -2.97. The molecule has 1 aliphatic heterocycles. The lowest BCUT2D eigenvalue weighted by Crippen LogP contribution is -2.35. The maximum absolute atomic E-state index is 9.15. The van der Waals surface area contributed by atoms with Crippen LogP contribution < -0.4 is 10.6 Å². The van der Waals surface area contributed by atoms with Crippen LogP contribution in [-0.2, 0) is 0 Å². The molecule has 25 heavy (non-hydrogen) atoms. The van der Waals surface area contributed by atoms with Crippen LogP contribution in [-0.4, -0.2) is 29.1 Å². The van der Waals surface area contributed by atoms with Crippen LogP contribution in [0.1, 0.15) is 18.4 Å². The quantitative estimate of drug-likeness (QED) is 0.771. The molecule has 0 aliphatic carbocycles. The van der Waals surface area contributed by atoms with Crippen LogP contribution in [0.2, 0.25) is 0 Å². The molecule has 3 aromatic rings. The van der Waals surface area contributed by atoms with Crippen molar-refractivity contribution in [3.05, 3.63) is 54.4 Å². The standard InChI is InChI=1S/C20H19N5/c21-12-14-2-1-3-15(10-14)20-18-11-19(24-13-16(18)4-9-23-20)25-17-5-7-22-8-6-17/h1-4,9-11,13,17,22H,5-8H2,(H,24,25). The molecule has 2 aromatic heterocycles. The van der Waals surface area contributed by atoms with E-state index in [9.17, 15) is 0 Å². The van der Waals surface area contributed by atoms with Crippen LogP contribution in [0.3, 0.4) is 0 Å². The highest BCUT2D eigenvalue weighted by atomic mass is 15.0. The molecule has 0 spiro atoms. The fourth-order valence-electron chi connectivity index (χ4n) is 3.29. The van der Waals surface area contributed by atoms with Crippen molar-refractivity contribution in [3.63, 3.8) is 0 Å². The first-order valence-corrected chi connectivity index (χ1v) is 8.56.